The second-order valence-corrected chi connectivity index (χ2v) is 7.77. The van der Waals surface area contributed by atoms with Gasteiger partial charge in [0, 0.05) is 18.1 Å². The van der Waals surface area contributed by atoms with E-state index in [2.05, 4.69) is 10.2 Å². The van der Waals surface area contributed by atoms with Crippen molar-refractivity contribution in [3.8, 4) is 0 Å². The summed E-state index contributed by atoms with van der Waals surface area (Å²) in [6.45, 7) is 9.65. The molecule has 0 aliphatic carbocycles. The van der Waals surface area contributed by atoms with Crippen molar-refractivity contribution in [1.29, 1.82) is 0 Å². The minimum absolute atomic E-state index is 0.0921. The highest BCUT2D eigenvalue weighted by molar-refractivity contribution is 6.35. The molecule has 1 heterocycles. The Morgan fingerprint density at radius 2 is 2.09 bits per heavy atom. The highest BCUT2D eigenvalue weighted by Gasteiger charge is 2.32. The van der Waals surface area contributed by atoms with Crippen molar-refractivity contribution in [3.05, 3.63) is 28.2 Å². The van der Waals surface area contributed by atoms with Crippen molar-refractivity contribution in [1.82, 2.24) is 4.90 Å². The predicted molar refractivity (Wildman–Crippen MR) is 95.4 cm³/mol. The molecule has 2 atom stereocenters. The van der Waals surface area contributed by atoms with Gasteiger partial charge in [-0.25, -0.2) is 0 Å². The monoisotopic (exact) mass is 358 g/mol. The number of anilines is 1. The van der Waals surface area contributed by atoms with Crippen LogP contribution in [0.4, 0.5) is 5.69 Å². The number of likely N-dealkylation sites (tertiary alicyclic amines) is 1. The first-order chi connectivity index (χ1) is 10.7. The van der Waals surface area contributed by atoms with Crippen LogP contribution in [0.15, 0.2) is 18.2 Å². The molecule has 1 aliphatic heterocycles. The van der Waals surface area contributed by atoms with Gasteiger partial charge in [0.05, 0.1) is 28.5 Å². The van der Waals surface area contributed by atoms with Crippen molar-refractivity contribution >= 4 is 34.8 Å². The summed E-state index contributed by atoms with van der Waals surface area (Å²) >= 11 is 12.0. The second kappa shape index (κ2) is 7.39. The maximum Gasteiger partial charge on any atom is 0.241 e. The van der Waals surface area contributed by atoms with Gasteiger partial charge in [-0.2, -0.15) is 0 Å². The van der Waals surface area contributed by atoms with Gasteiger partial charge < -0.3 is 10.1 Å². The van der Waals surface area contributed by atoms with Gasteiger partial charge in [0.1, 0.15) is 0 Å². The predicted octanol–water partition coefficient (Wildman–Crippen LogP) is 4.21. The lowest BCUT2D eigenvalue weighted by molar-refractivity contribution is -0.120. The average Bonchev–Trinajstić information content (AvgIpc) is 2.88. The van der Waals surface area contributed by atoms with Gasteiger partial charge >= 0.3 is 0 Å². The third-order valence-corrected chi connectivity index (χ3v) is 4.37. The Morgan fingerprint density at radius 1 is 1.39 bits per heavy atom. The van der Waals surface area contributed by atoms with Crippen molar-refractivity contribution in [2.75, 3.05) is 18.4 Å². The fourth-order valence-electron chi connectivity index (χ4n) is 2.70. The Hall–Kier alpha value is -0.810. The number of hydrogen-bond donors (Lipinski definition) is 1. The number of hydrogen-bond acceptors (Lipinski definition) is 3. The van der Waals surface area contributed by atoms with E-state index in [0.717, 1.165) is 19.5 Å². The Balaban J connectivity index is 1.94. The van der Waals surface area contributed by atoms with Crippen molar-refractivity contribution in [3.63, 3.8) is 0 Å². The molecule has 1 aromatic rings. The Bertz CT molecular complexity index is 572. The summed E-state index contributed by atoms with van der Waals surface area (Å²) in [5.41, 5.74) is 0.373. The number of carbonyl (C=O) groups is 1. The number of benzene rings is 1. The van der Waals surface area contributed by atoms with E-state index in [1.807, 2.05) is 27.7 Å². The van der Waals surface area contributed by atoms with Crippen LogP contribution in [-0.2, 0) is 9.53 Å². The third kappa shape index (κ3) is 5.35. The van der Waals surface area contributed by atoms with E-state index < -0.39 is 0 Å². The van der Waals surface area contributed by atoms with E-state index in [0.29, 0.717) is 15.7 Å². The van der Waals surface area contributed by atoms with Crippen LogP contribution in [0.1, 0.15) is 34.1 Å². The summed E-state index contributed by atoms with van der Waals surface area (Å²) in [5.74, 6) is -0.0921. The van der Waals surface area contributed by atoms with Gasteiger partial charge in [-0.05, 0) is 52.3 Å². The number of halogens is 2. The SMILES string of the molecule is C[C@H](C(=O)Nc1cc(Cl)ccc1Cl)N1CC[C@H](OC(C)(C)C)C1. The molecule has 0 radical (unpaired) electrons. The molecular weight excluding hydrogens is 335 g/mol. The molecule has 6 heteroatoms. The van der Waals surface area contributed by atoms with Gasteiger partial charge in [0.15, 0.2) is 0 Å². The van der Waals surface area contributed by atoms with Crippen LogP contribution in [0.3, 0.4) is 0 Å². The molecule has 23 heavy (non-hydrogen) atoms. The van der Waals surface area contributed by atoms with E-state index in [-0.39, 0.29) is 23.7 Å². The molecule has 1 aliphatic rings. The standard InChI is InChI=1S/C17H24Cl2N2O2/c1-11(21-8-7-13(10-21)23-17(2,3)4)16(22)20-15-9-12(18)5-6-14(15)19/h5-6,9,11,13H,7-8,10H2,1-4H3,(H,20,22)/t11-,13+/m1/s1. The van der Waals surface area contributed by atoms with Crippen molar-refractivity contribution < 1.29 is 9.53 Å². The van der Waals surface area contributed by atoms with E-state index in [9.17, 15) is 4.79 Å². The third-order valence-electron chi connectivity index (χ3n) is 3.81. The van der Waals surface area contributed by atoms with Gasteiger partial charge in [-0.15, -0.1) is 0 Å². The van der Waals surface area contributed by atoms with Gasteiger partial charge in [0.25, 0.3) is 0 Å². The highest BCUT2D eigenvalue weighted by atomic mass is 35.5. The number of nitrogens with one attached hydrogen (secondary N) is 1. The molecule has 0 aromatic heterocycles. The molecule has 0 bridgehead atoms. The minimum Gasteiger partial charge on any atom is -0.371 e. The Morgan fingerprint density at radius 3 is 2.74 bits per heavy atom. The quantitative estimate of drug-likeness (QED) is 0.876. The summed E-state index contributed by atoms with van der Waals surface area (Å²) < 4.78 is 6.00. The molecule has 1 aromatic carbocycles. The summed E-state index contributed by atoms with van der Waals surface area (Å²) in [7, 11) is 0. The molecule has 1 N–H and O–H groups in total. The largest absolute Gasteiger partial charge is 0.371 e. The molecule has 0 saturated carbocycles. The van der Waals surface area contributed by atoms with Gasteiger partial charge in [-0.1, -0.05) is 23.2 Å². The molecule has 2 rings (SSSR count). The van der Waals surface area contributed by atoms with E-state index in [1.165, 1.54) is 0 Å². The maximum absolute atomic E-state index is 12.5. The Labute approximate surface area is 148 Å². The lowest BCUT2D eigenvalue weighted by atomic mass is 10.2. The number of ether oxygens (including phenoxy) is 1. The summed E-state index contributed by atoms with van der Waals surface area (Å²) in [4.78, 5) is 14.6. The summed E-state index contributed by atoms with van der Waals surface area (Å²) in [5, 5.41) is 3.87. The van der Waals surface area contributed by atoms with E-state index in [4.69, 9.17) is 27.9 Å². The summed E-state index contributed by atoms with van der Waals surface area (Å²) in [6.07, 6.45) is 1.10. The molecule has 4 nitrogen and oxygen atoms in total. The average molecular weight is 359 g/mol. The molecule has 128 valence electrons. The van der Waals surface area contributed by atoms with E-state index >= 15 is 0 Å². The van der Waals surface area contributed by atoms with Crippen LogP contribution in [-0.4, -0.2) is 41.6 Å². The van der Waals surface area contributed by atoms with E-state index in [1.54, 1.807) is 18.2 Å². The Kier molecular flexibility index (Phi) is 5.95. The number of rotatable bonds is 4. The normalized spacial score (nSPS) is 20.5. The summed E-state index contributed by atoms with van der Waals surface area (Å²) in [6, 6.07) is 4.77. The van der Waals surface area contributed by atoms with Crippen LogP contribution in [0.25, 0.3) is 0 Å². The highest BCUT2D eigenvalue weighted by Crippen LogP contribution is 2.26. The second-order valence-electron chi connectivity index (χ2n) is 6.93. The lowest BCUT2D eigenvalue weighted by Gasteiger charge is -2.27. The first-order valence-corrected chi connectivity index (χ1v) is 8.59. The molecular formula is C17H24Cl2N2O2. The zero-order valence-electron chi connectivity index (χ0n) is 14.0. The fourth-order valence-corrected chi connectivity index (χ4v) is 3.04. The van der Waals surface area contributed by atoms with Crippen LogP contribution in [0.2, 0.25) is 10.0 Å². The van der Waals surface area contributed by atoms with Gasteiger partial charge in [-0.3, -0.25) is 9.69 Å². The molecule has 1 amide bonds. The fraction of sp³-hybridized carbons (Fsp3) is 0.588. The molecule has 1 saturated heterocycles. The zero-order valence-corrected chi connectivity index (χ0v) is 15.5. The maximum atomic E-state index is 12.5. The lowest BCUT2D eigenvalue weighted by Crippen LogP contribution is -2.41. The van der Waals surface area contributed by atoms with Crippen LogP contribution in [0, 0.1) is 0 Å². The molecule has 0 unspecified atom stereocenters. The number of carbonyl (C=O) groups excluding carboxylic acids is 1. The minimum atomic E-state index is -0.251. The molecule has 1 fully saturated rings. The first-order valence-electron chi connectivity index (χ1n) is 7.83. The van der Waals surface area contributed by atoms with Crippen LogP contribution < -0.4 is 5.32 Å². The van der Waals surface area contributed by atoms with Crippen molar-refractivity contribution in [2.45, 2.75) is 51.9 Å². The zero-order chi connectivity index (χ0) is 17.2. The van der Waals surface area contributed by atoms with Crippen LogP contribution in [0.5, 0.6) is 0 Å². The molecule has 0 spiro atoms. The first kappa shape index (κ1) is 18.5. The van der Waals surface area contributed by atoms with Crippen LogP contribution >= 0.6 is 23.2 Å². The smallest absolute Gasteiger partial charge is 0.241 e. The topological polar surface area (TPSA) is 41.6 Å². The number of nitrogens with zero attached hydrogens (tertiary/aromatic N) is 1. The number of amides is 1. The van der Waals surface area contributed by atoms with Gasteiger partial charge in [0.2, 0.25) is 5.91 Å². The van der Waals surface area contributed by atoms with Crippen molar-refractivity contribution in [2.24, 2.45) is 0 Å².